The molecule has 0 atom stereocenters. The molecule has 23 heavy (non-hydrogen) atoms. The summed E-state index contributed by atoms with van der Waals surface area (Å²) in [5, 5.41) is 0.742. The van der Waals surface area contributed by atoms with E-state index in [0.717, 1.165) is 42.5 Å². The number of nitrogens with zero attached hydrogens (tertiary/aromatic N) is 2. The van der Waals surface area contributed by atoms with E-state index in [1.165, 1.54) is 0 Å². The van der Waals surface area contributed by atoms with Crippen LogP contribution in [0, 0.1) is 0 Å². The summed E-state index contributed by atoms with van der Waals surface area (Å²) in [7, 11) is 0. The zero-order valence-electron chi connectivity index (χ0n) is 12.9. The van der Waals surface area contributed by atoms with E-state index in [1.807, 2.05) is 59.5 Å². The molecule has 4 heteroatoms. The molecule has 0 aromatic heterocycles. The smallest absolute Gasteiger partial charge is 0.246 e. The van der Waals surface area contributed by atoms with Gasteiger partial charge in [0.2, 0.25) is 5.91 Å². The summed E-state index contributed by atoms with van der Waals surface area (Å²) in [5.74, 6) is 0.0691. The highest BCUT2D eigenvalue weighted by Gasteiger charge is 2.19. The van der Waals surface area contributed by atoms with Crippen LogP contribution in [0.3, 0.4) is 0 Å². The van der Waals surface area contributed by atoms with E-state index in [4.69, 9.17) is 11.6 Å². The van der Waals surface area contributed by atoms with Crippen molar-refractivity contribution in [3.05, 3.63) is 71.3 Å². The Morgan fingerprint density at radius 2 is 1.70 bits per heavy atom. The second-order valence-corrected chi connectivity index (χ2v) is 5.97. The maximum atomic E-state index is 12.3. The summed E-state index contributed by atoms with van der Waals surface area (Å²) in [6, 6.07) is 17.7. The van der Waals surface area contributed by atoms with Gasteiger partial charge in [-0.15, -0.1) is 0 Å². The molecule has 2 aromatic carbocycles. The fraction of sp³-hybridized carbons (Fsp3) is 0.211. The normalized spacial score (nSPS) is 15.2. The molecule has 118 valence electrons. The Morgan fingerprint density at radius 3 is 2.39 bits per heavy atom. The van der Waals surface area contributed by atoms with Crippen molar-refractivity contribution in [2.75, 3.05) is 31.1 Å². The third-order valence-corrected chi connectivity index (χ3v) is 4.22. The molecule has 1 aliphatic rings. The summed E-state index contributed by atoms with van der Waals surface area (Å²) < 4.78 is 0. The van der Waals surface area contributed by atoms with Gasteiger partial charge in [0.25, 0.3) is 0 Å². The van der Waals surface area contributed by atoms with E-state index in [1.54, 1.807) is 6.08 Å². The average molecular weight is 327 g/mol. The highest BCUT2D eigenvalue weighted by Crippen LogP contribution is 2.20. The number of hydrogen-bond acceptors (Lipinski definition) is 2. The summed E-state index contributed by atoms with van der Waals surface area (Å²) in [6.45, 7) is 3.10. The molecule has 0 spiro atoms. The Bertz CT molecular complexity index is 692. The third kappa shape index (κ3) is 4.14. The minimum absolute atomic E-state index is 0.0691. The van der Waals surface area contributed by atoms with Crippen molar-refractivity contribution in [2.24, 2.45) is 0 Å². The van der Waals surface area contributed by atoms with Crippen LogP contribution in [0.5, 0.6) is 0 Å². The lowest BCUT2D eigenvalue weighted by atomic mass is 10.2. The molecule has 0 bridgehead atoms. The fourth-order valence-corrected chi connectivity index (χ4v) is 2.88. The molecule has 1 saturated heterocycles. The van der Waals surface area contributed by atoms with Gasteiger partial charge in [0.05, 0.1) is 0 Å². The molecule has 3 nitrogen and oxygen atoms in total. The molecule has 0 saturated carbocycles. The van der Waals surface area contributed by atoms with E-state index in [0.29, 0.717) is 0 Å². The predicted octanol–water partition coefficient (Wildman–Crippen LogP) is 3.70. The van der Waals surface area contributed by atoms with E-state index < -0.39 is 0 Å². The molecule has 0 unspecified atom stereocenters. The minimum Gasteiger partial charge on any atom is -0.368 e. The summed E-state index contributed by atoms with van der Waals surface area (Å²) in [6.07, 6.45) is 3.52. The number of amides is 1. The van der Waals surface area contributed by atoms with Crippen molar-refractivity contribution in [3.63, 3.8) is 0 Å². The molecule has 0 aliphatic carbocycles. The molecule has 1 amide bonds. The zero-order chi connectivity index (χ0) is 16.1. The number of piperazine rings is 1. The van der Waals surface area contributed by atoms with Gasteiger partial charge in [0.1, 0.15) is 0 Å². The van der Waals surface area contributed by atoms with Crippen LogP contribution in [0.2, 0.25) is 5.02 Å². The van der Waals surface area contributed by atoms with Crippen molar-refractivity contribution in [1.82, 2.24) is 4.90 Å². The van der Waals surface area contributed by atoms with Gasteiger partial charge in [0, 0.05) is 43.0 Å². The van der Waals surface area contributed by atoms with Crippen LogP contribution >= 0.6 is 11.6 Å². The third-order valence-electron chi connectivity index (χ3n) is 3.98. The van der Waals surface area contributed by atoms with E-state index in [-0.39, 0.29) is 5.91 Å². The number of rotatable bonds is 3. The summed E-state index contributed by atoms with van der Waals surface area (Å²) in [5.41, 5.74) is 2.16. The molecular formula is C19H19ClN2O. The standard InChI is InChI=1S/C19H19ClN2O/c20-17-7-4-8-18(15-17)21-11-13-22(14-12-21)19(23)10-9-16-5-2-1-3-6-16/h1-10,15H,11-14H2. The van der Waals surface area contributed by atoms with Gasteiger partial charge in [0.15, 0.2) is 0 Å². The number of carbonyl (C=O) groups is 1. The summed E-state index contributed by atoms with van der Waals surface area (Å²) >= 11 is 6.04. The Morgan fingerprint density at radius 1 is 0.957 bits per heavy atom. The largest absolute Gasteiger partial charge is 0.368 e. The number of hydrogen-bond donors (Lipinski definition) is 0. The lowest BCUT2D eigenvalue weighted by Crippen LogP contribution is -2.48. The average Bonchev–Trinajstić information content (AvgIpc) is 2.61. The lowest BCUT2D eigenvalue weighted by Gasteiger charge is -2.35. The van der Waals surface area contributed by atoms with Gasteiger partial charge < -0.3 is 9.80 Å². The molecule has 2 aromatic rings. The van der Waals surface area contributed by atoms with Crippen LogP contribution in [0.25, 0.3) is 6.08 Å². The highest BCUT2D eigenvalue weighted by molar-refractivity contribution is 6.30. The van der Waals surface area contributed by atoms with Crippen LogP contribution in [0.15, 0.2) is 60.7 Å². The number of halogens is 1. The maximum Gasteiger partial charge on any atom is 0.246 e. The lowest BCUT2D eigenvalue weighted by molar-refractivity contribution is -0.126. The van der Waals surface area contributed by atoms with Crippen LogP contribution in [0.1, 0.15) is 5.56 Å². The first-order valence-corrected chi connectivity index (χ1v) is 8.13. The predicted molar refractivity (Wildman–Crippen MR) is 95.7 cm³/mol. The van der Waals surface area contributed by atoms with Gasteiger partial charge in [-0.2, -0.15) is 0 Å². The Kier molecular flexibility index (Phi) is 4.99. The Labute approximate surface area is 141 Å². The first-order chi connectivity index (χ1) is 11.2. The van der Waals surface area contributed by atoms with E-state index in [9.17, 15) is 4.79 Å². The van der Waals surface area contributed by atoms with Crippen LogP contribution in [0.4, 0.5) is 5.69 Å². The topological polar surface area (TPSA) is 23.6 Å². The minimum atomic E-state index is 0.0691. The molecule has 0 radical (unpaired) electrons. The highest BCUT2D eigenvalue weighted by atomic mass is 35.5. The molecule has 3 rings (SSSR count). The SMILES string of the molecule is O=C(C=Cc1ccccc1)N1CCN(c2cccc(Cl)c2)CC1. The first-order valence-electron chi connectivity index (χ1n) is 7.75. The second kappa shape index (κ2) is 7.34. The van der Waals surface area contributed by atoms with Gasteiger partial charge in [-0.1, -0.05) is 48.0 Å². The zero-order valence-corrected chi connectivity index (χ0v) is 13.6. The van der Waals surface area contributed by atoms with E-state index in [2.05, 4.69) is 11.0 Å². The molecule has 0 N–H and O–H groups in total. The van der Waals surface area contributed by atoms with Crippen LogP contribution in [-0.2, 0) is 4.79 Å². The van der Waals surface area contributed by atoms with Crippen LogP contribution in [-0.4, -0.2) is 37.0 Å². The van der Waals surface area contributed by atoms with Crippen molar-refractivity contribution in [1.29, 1.82) is 0 Å². The van der Waals surface area contributed by atoms with Gasteiger partial charge in [-0.05, 0) is 29.8 Å². The quantitative estimate of drug-likeness (QED) is 0.803. The van der Waals surface area contributed by atoms with Crippen molar-refractivity contribution in [2.45, 2.75) is 0 Å². The molecular weight excluding hydrogens is 308 g/mol. The Hall–Kier alpha value is -2.26. The monoisotopic (exact) mass is 326 g/mol. The van der Waals surface area contributed by atoms with Crippen molar-refractivity contribution < 1.29 is 4.79 Å². The van der Waals surface area contributed by atoms with Gasteiger partial charge in [-0.3, -0.25) is 4.79 Å². The maximum absolute atomic E-state index is 12.3. The number of anilines is 1. The van der Waals surface area contributed by atoms with E-state index >= 15 is 0 Å². The van der Waals surface area contributed by atoms with Crippen molar-refractivity contribution >= 4 is 29.3 Å². The fourth-order valence-electron chi connectivity index (χ4n) is 2.69. The van der Waals surface area contributed by atoms with Gasteiger partial charge in [-0.25, -0.2) is 0 Å². The molecule has 1 aliphatic heterocycles. The number of benzene rings is 2. The molecule has 1 heterocycles. The van der Waals surface area contributed by atoms with Crippen molar-refractivity contribution in [3.8, 4) is 0 Å². The first kappa shape index (κ1) is 15.6. The molecule has 1 fully saturated rings. The van der Waals surface area contributed by atoms with Crippen LogP contribution < -0.4 is 4.90 Å². The number of carbonyl (C=O) groups excluding carboxylic acids is 1. The summed E-state index contributed by atoms with van der Waals surface area (Å²) in [4.78, 5) is 16.4. The second-order valence-electron chi connectivity index (χ2n) is 5.54. The van der Waals surface area contributed by atoms with Gasteiger partial charge >= 0.3 is 0 Å². The Balaban J connectivity index is 1.56.